The first-order chi connectivity index (χ1) is 17.5. The molecule has 2 aliphatic carbocycles. The normalized spacial score (nSPS) is 15.8. The average molecular weight is 553 g/mol. The molecule has 5 rings (SSSR count). The molecule has 0 spiro atoms. The maximum atomic E-state index is 4.32. The van der Waals surface area contributed by atoms with E-state index in [1.165, 1.54) is 46.0 Å². The van der Waals surface area contributed by atoms with Gasteiger partial charge in [-0.1, -0.05) is 0 Å². The van der Waals surface area contributed by atoms with Crippen molar-refractivity contribution in [3.8, 4) is 0 Å². The molecule has 3 aromatic carbocycles. The third-order valence-electron chi connectivity index (χ3n) is 7.59. The van der Waals surface area contributed by atoms with Crippen molar-refractivity contribution in [2.75, 3.05) is 0 Å². The van der Waals surface area contributed by atoms with Gasteiger partial charge < -0.3 is 0 Å². The molecule has 1 nitrogen and oxygen atoms in total. The van der Waals surface area contributed by atoms with Gasteiger partial charge in [0.15, 0.2) is 0 Å². The first-order valence-corrected chi connectivity index (χ1v) is 18.8. The summed E-state index contributed by atoms with van der Waals surface area (Å²) in [5.41, 5.74) is 6.49. The van der Waals surface area contributed by atoms with E-state index in [0.717, 1.165) is 0 Å². The van der Waals surface area contributed by atoms with Crippen molar-refractivity contribution in [3.63, 3.8) is 0 Å². The molecular weight excluding hydrogens is 510 g/mol. The second-order valence-corrected chi connectivity index (χ2v) is 21.7. The molecule has 2 aliphatic rings. The summed E-state index contributed by atoms with van der Waals surface area (Å²) in [6, 6.07) is 26.3. The van der Waals surface area contributed by atoms with Gasteiger partial charge in [-0.25, -0.2) is 0 Å². The van der Waals surface area contributed by atoms with Crippen LogP contribution in [0.5, 0.6) is 0 Å². The molecule has 0 unspecified atom stereocenters. The molecule has 0 aromatic heterocycles. The number of allylic oxidation sites excluding steroid dienone is 4. The van der Waals surface area contributed by atoms with E-state index in [9.17, 15) is 0 Å². The zero-order valence-corrected chi connectivity index (χ0v) is 24.5. The third kappa shape index (κ3) is 5.37. The number of benzene rings is 3. The van der Waals surface area contributed by atoms with Crippen LogP contribution >= 0.6 is 0 Å². The summed E-state index contributed by atoms with van der Waals surface area (Å²) in [4.78, 5) is 0. The Morgan fingerprint density at radius 1 is 0.868 bits per heavy atom. The number of rotatable bonds is 6. The van der Waals surface area contributed by atoms with Crippen LogP contribution in [0, 0.1) is 0 Å². The quantitative estimate of drug-likeness (QED) is 0.275. The SMILES string of the molecule is CC1=Cc2cc3c(cc2=[C]1[Ti]([CH3])([CH3])([NH]C(C)(C)C)[C](=CC=Cc1ccccc1)c1ccccc1)C=CC=3.[SiH4]. The van der Waals surface area contributed by atoms with Gasteiger partial charge in [-0.15, -0.1) is 0 Å². The van der Waals surface area contributed by atoms with Crippen molar-refractivity contribution in [1.82, 2.24) is 3.80 Å². The summed E-state index contributed by atoms with van der Waals surface area (Å²) in [5.74, 6) is 0. The zero-order chi connectivity index (χ0) is 26.3. The van der Waals surface area contributed by atoms with Gasteiger partial charge >= 0.3 is 224 Å². The van der Waals surface area contributed by atoms with Crippen LogP contribution < -0.4 is 14.2 Å². The summed E-state index contributed by atoms with van der Waals surface area (Å²) >= 11 is -3.90. The largest absolute Gasteiger partial charge is 0.0149 e. The fourth-order valence-corrected chi connectivity index (χ4v) is 17.1. The molecule has 0 amide bonds. The number of hydrogen-bond acceptors (Lipinski definition) is 1. The van der Waals surface area contributed by atoms with E-state index in [1.54, 1.807) is 0 Å². The summed E-state index contributed by atoms with van der Waals surface area (Å²) in [6.45, 7) is 9.23. The van der Waals surface area contributed by atoms with Gasteiger partial charge in [0.1, 0.15) is 0 Å². The molecule has 1 N–H and O–H groups in total. The second-order valence-electron chi connectivity index (χ2n) is 12.3. The average Bonchev–Trinajstić information content (AvgIpc) is 3.42. The summed E-state index contributed by atoms with van der Waals surface area (Å²) in [6.07, 6.45) is 15.9. The topological polar surface area (TPSA) is 12.0 Å². The van der Waals surface area contributed by atoms with Crippen molar-refractivity contribution in [2.45, 2.75) is 43.7 Å². The standard InChI is InChI=1S/C16H13.C13H9.C4H10N.2CH3.H4Si.Ti/c1-3-9-15(10-4-1)13-7-8-14-16-11-5-2-6-12-16;1-9-5-12-7-10-3-2-4-11(10)8-13(12)6-9;1-4(2,3)5;;;;/h1-13H;2-5,7-8H,1H3;5H,1-3H3;2*1H3;1H4;/q;;-1;;;;+1. The van der Waals surface area contributed by atoms with Gasteiger partial charge in [-0.05, 0) is 11.0 Å². The Morgan fingerprint density at radius 3 is 2.18 bits per heavy atom. The van der Waals surface area contributed by atoms with Crippen LogP contribution in [0.25, 0.3) is 32.1 Å². The van der Waals surface area contributed by atoms with Crippen molar-refractivity contribution >= 4 is 43.0 Å². The fourth-order valence-electron chi connectivity index (χ4n) is 6.65. The first-order valence-electron chi connectivity index (χ1n) is 13.3. The first kappa shape index (κ1) is 28.3. The van der Waals surface area contributed by atoms with E-state index in [0.29, 0.717) is 0 Å². The zero-order valence-electron chi connectivity index (χ0n) is 23.0. The molecule has 0 radical (unpaired) electrons. The van der Waals surface area contributed by atoms with E-state index < -0.39 is 15.6 Å². The third-order valence-corrected chi connectivity index (χ3v) is 16.5. The van der Waals surface area contributed by atoms with Gasteiger partial charge in [0.25, 0.3) is 0 Å². The molecule has 0 fully saturated rings. The Bertz CT molecular complexity index is 1600. The van der Waals surface area contributed by atoms with E-state index in [-0.39, 0.29) is 16.5 Å². The smallest absolute Gasteiger partial charge is 0.0149 e. The molecule has 195 valence electrons. The molecular formula is C35H42NSiTi. The molecule has 3 heteroatoms. The van der Waals surface area contributed by atoms with Crippen LogP contribution in [0.15, 0.2) is 96.6 Å². The number of hydrogen-bond donors (Lipinski definition) is 1. The molecule has 38 heavy (non-hydrogen) atoms. The number of nitrogens with one attached hydrogen (secondary N) is 1. The van der Waals surface area contributed by atoms with Crippen LogP contribution in [-0.2, 0) is 15.6 Å². The van der Waals surface area contributed by atoms with Crippen LogP contribution in [0.1, 0.15) is 49.9 Å². The summed E-state index contributed by atoms with van der Waals surface area (Å²) in [5, 5.41) is 7.84. The Kier molecular flexibility index (Phi) is 7.76. The maximum absolute atomic E-state index is 4.32. The van der Waals surface area contributed by atoms with Crippen molar-refractivity contribution in [3.05, 3.63) is 129 Å². The van der Waals surface area contributed by atoms with Gasteiger partial charge in [-0.2, -0.15) is 0 Å². The van der Waals surface area contributed by atoms with Crippen molar-refractivity contribution < 1.29 is 15.6 Å². The summed E-state index contributed by atoms with van der Waals surface area (Å²) in [7, 11) is 0. The minimum Gasteiger partial charge on any atom is -0.0149 e. The molecule has 0 bridgehead atoms. The molecule has 0 saturated carbocycles. The van der Waals surface area contributed by atoms with Crippen molar-refractivity contribution in [1.29, 1.82) is 0 Å². The summed E-state index contributed by atoms with van der Waals surface area (Å²) < 4.78 is 7.27. The van der Waals surface area contributed by atoms with E-state index in [2.05, 4.69) is 157 Å². The van der Waals surface area contributed by atoms with E-state index >= 15 is 0 Å². The molecule has 0 saturated heterocycles. The molecule has 0 heterocycles. The molecule has 0 aliphatic heterocycles. The minimum absolute atomic E-state index is 0. The monoisotopic (exact) mass is 552 g/mol. The van der Waals surface area contributed by atoms with Crippen LogP contribution in [0.2, 0.25) is 10.5 Å². The molecule has 0 atom stereocenters. The second kappa shape index (κ2) is 10.4. The van der Waals surface area contributed by atoms with Gasteiger partial charge in [0.05, 0.1) is 0 Å². The van der Waals surface area contributed by atoms with E-state index in [4.69, 9.17) is 0 Å². The van der Waals surface area contributed by atoms with Crippen molar-refractivity contribution in [2.24, 2.45) is 0 Å². The Labute approximate surface area is 234 Å². The number of fused-ring (bicyclic) bond motifs is 2. The minimum atomic E-state index is -3.90. The fraction of sp³-hybridized carbons (Fsp3) is 0.200. The molecule has 3 aromatic rings. The van der Waals surface area contributed by atoms with Crippen LogP contribution in [-0.4, -0.2) is 16.5 Å². The Morgan fingerprint density at radius 2 is 1.53 bits per heavy atom. The van der Waals surface area contributed by atoms with E-state index in [1.807, 2.05) is 0 Å². The Hall–Kier alpha value is -2.75. The van der Waals surface area contributed by atoms with Crippen LogP contribution in [0.3, 0.4) is 0 Å². The Balaban J connectivity index is 0.00000336. The van der Waals surface area contributed by atoms with Crippen LogP contribution in [0.4, 0.5) is 0 Å². The van der Waals surface area contributed by atoms with Gasteiger partial charge in [0.2, 0.25) is 0 Å². The van der Waals surface area contributed by atoms with Gasteiger partial charge in [-0.3, -0.25) is 0 Å². The predicted molar refractivity (Wildman–Crippen MR) is 172 cm³/mol. The predicted octanol–water partition coefficient (Wildman–Crippen LogP) is 6.41. The maximum Gasteiger partial charge on any atom is -0.0149 e. The van der Waals surface area contributed by atoms with Gasteiger partial charge in [0, 0.05) is 0 Å².